The molecule has 1 aliphatic heterocycles. The highest BCUT2D eigenvalue weighted by atomic mass is 15.2. The summed E-state index contributed by atoms with van der Waals surface area (Å²) < 4.78 is 0. The Balaban J connectivity index is 2.13. The highest BCUT2D eigenvalue weighted by molar-refractivity contribution is 4.78. The van der Waals surface area contributed by atoms with Crippen molar-refractivity contribution in [1.29, 1.82) is 0 Å². The molecule has 0 aromatic heterocycles. The summed E-state index contributed by atoms with van der Waals surface area (Å²) in [6.07, 6.45) is 2.73. The van der Waals surface area contributed by atoms with Crippen molar-refractivity contribution in [2.24, 2.45) is 17.8 Å². The molecule has 0 N–H and O–H groups in total. The van der Waals surface area contributed by atoms with Gasteiger partial charge in [0, 0.05) is 19.6 Å². The molecule has 1 nitrogen and oxygen atoms in total. The van der Waals surface area contributed by atoms with Crippen LogP contribution in [0, 0.1) is 17.8 Å². The highest BCUT2D eigenvalue weighted by Gasteiger charge is 2.24. The first kappa shape index (κ1) is 11.0. The second kappa shape index (κ2) is 4.99. The maximum absolute atomic E-state index is 2.60. The van der Waals surface area contributed by atoms with Crippen molar-refractivity contribution in [1.82, 2.24) is 4.90 Å². The molecule has 13 heavy (non-hydrogen) atoms. The van der Waals surface area contributed by atoms with Gasteiger partial charge in [0.25, 0.3) is 0 Å². The molecule has 0 amide bonds. The van der Waals surface area contributed by atoms with E-state index < -0.39 is 0 Å². The van der Waals surface area contributed by atoms with Gasteiger partial charge in [-0.25, -0.2) is 0 Å². The van der Waals surface area contributed by atoms with Gasteiger partial charge >= 0.3 is 0 Å². The smallest absolute Gasteiger partial charge is 0.00195 e. The van der Waals surface area contributed by atoms with Gasteiger partial charge in [0.1, 0.15) is 0 Å². The van der Waals surface area contributed by atoms with Crippen LogP contribution in [0.5, 0.6) is 0 Å². The first-order valence-electron chi connectivity index (χ1n) is 5.85. The quantitative estimate of drug-likeness (QED) is 0.633. The van der Waals surface area contributed by atoms with Crippen LogP contribution >= 0.6 is 0 Å². The lowest BCUT2D eigenvalue weighted by Crippen LogP contribution is -2.47. The summed E-state index contributed by atoms with van der Waals surface area (Å²) in [5, 5.41) is 0. The summed E-state index contributed by atoms with van der Waals surface area (Å²) in [6, 6.07) is 0. The van der Waals surface area contributed by atoms with Gasteiger partial charge < -0.3 is 4.90 Å². The van der Waals surface area contributed by atoms with Crippen LogP contribution in [0.1, 0.15) is 40.5 Å². The first-order valence-corrected chi connectivity index (χ1v) is 5.85. The summed E-state index contributed by atoms with van der Waals surface area (Å²) in [7, 11) is 0. The van der Waals surface area contributed by atoms with E-state index in [0.717, 1.165) is 17.8 Å². The third-order valence-electron chi connectivity index (χ3n) is 3.40. The van der Waals surface area contributed by atoms with E-state index in [-0.39, 0.29) is 0 Å². The molecule has 0 saturated carbocycles. The van der Waals surface area contributed by atoms with Gasteiger partial charge in [0.2, 0.25) is 0 Å². The van der Waals surface area contributed by atoms with Gasteiger partial charge in [0.15, 0.2) is 0 Å². The Morgan fingerprint density at radius 3 is 2.31 bits per heavy atom. The fourth-order valence-electron chi connectivity index (χ4n) is 2.30. The van der Waals surface area contributed by atoms with Gasteiger partial charge in [-0.15, -0.1) is 0 Å². The van der Waals surface area contributed by atoms with Crippen molar-refractivity contribution in [2.75, 3.05) is 19.6 Å². The number of hydrogen-bond acceptors (Lipinski definition) is 1. The van der Waals surface area contributed by atoms with Crippen LogP contribution in [0.4, 0.5) is 0 Å². The summed E-state index contributed by atoms with van der Waals surface area (Å²) in [6.45, 7) is 13.4. The monoisotopic (exact) mass is 183 g/mol. The van der Waals surface area contributed by atoms with Gasteiger partial charge in [0.05, 0.1) is 0 Å². The zero-order chi connectivity index (χ0) is 9.84. The lowest BCUT2D eigenvalue weighted by atomic mass is 9.89. The summed E-state index contributed by atoms with van der Waals surface area (Å²) >= 11 is 0. The molecular weight excluding hydrogens is 158 g/mol. The molecule has 0 aromatic rings. The van der Waals surface area contributed by atoms with Crippen LogP contribution in [0.2, 0.25) is 0 Å². The number of hydrogen-bond donors (Lipinski definition) is 0. The van der Waals surface area contributed by atoms with E-state index >= 15 is 0 Å². The minimum Gasteiger partial charge on any atom is -0.302 e. The predicted molar refractivity (Wildman–Crippen MR) is 58.8 cm³/mol. The Kier molecular flexibility index (Phi) is 4.24. The fourth-order valence-corrected chi connectivity index (χ4v) is 2.30. The van der Waals surface area contributed by atoms with Gasteiger partial charge in [-0.1, -0.05) is 40.5 Å². The Morgan fingerprint density at radius 1 is 1.23 bits per heavy atom. The zero-order valence-corrected chi connectivity index (χ0v) is 9.71. The highest BCUT2D eigenvalue weighted by Crippen LogP contribution is 2.22. The van der Waals surface area contributed by atoms with E-state index in [1.54, 1.807) is 0 Å². The first-order chi connectivity index (χ1) is 6.13. The van der Waals surface area contributed by atoms with Crippen LogP contribution in [-0.2, 0) is 0 Å². The number of likely N-dealkylation sites (tertiary alicyclic amines) is 1. The average Bonchev–Trinajstić information content (AvgIpc) is 2.02. The molecular formula is C12H25N. The molecule has 1 aliphatic rings. The van der Waals surface area contributed by atoms with Crippen LogP contribution in [0.25, 0.3) is 0 Å². The Labute approximate surface area is 83.5 Å². The lowest BCUT2D eigenvalue weighted by molar-refractivity contribution is 0.0829. The third-order valence-corrected chi connectivity index (χ3v) is 3.40. The molecule has 1 heterocycles. The topological polar surface area (TPSA) is 3.24 Å². The van der Waals surface area contributed by atoms with Crippen molar-refractivity contribution in [3.8, 4) is 0 Å². The standard InChI is InChI=1S/C12H25N/c1-5-6-11(3)12(4)9-13-7-10(2)8-13/h10-12H,5-9H2,1-4H3. The molecule has 78 valence electrons. The van der Waals surface area contributed by atoms with E-state index in [9.17, 15) is 0 Å². The molecule has 0 bridgehead atoms. The molecule has 0 radical (unpaired) electrons. The number of nitrogens with zero attached hydrogens (tertiary/aromatic N) is 1. The van der Waals surface area contributed by atoms with Gasteiger partial charge in [-0.2, -0.15) is 0 Å². The summed E-state index contributed by atoms with van der Waals surface area (Å²) in [4.78, 5) is 2.60. The Bertz CT molecular complexity index is 138. The molecule has 2 unspecified atom stereocenters. The van der Waals surface area contributed by atoms with Crippen molar-refractivity contribution < 1.29 is 0 Å². The predicted octanol–water partition coefficient (Wildman–Crippen LogP) is 3.01. The van der Waals surface area contributed by atoms with E-state index in [0.29, 0.717) is 0 Å². The molecule has 0 spiro atoms. The van der Waals surface area contributed by atoms with Crippen LogP contribution in [0.3, 0.4) is 0 Å². The Hall–Kier alpha value is -0.0400. The molecule has 1 heteroatoms. The SMILES string of the molecule is CCCC(C)C(C)CN1CC(C)C1. The molecule has 0 aliphatic carbocycles. The fraction of sp³-hybridized carbons (Fsp3) is 1.00. The second-order valence-electron chi connectivity index (χ2n) is 5.07. The van der Waals surface area contributed by atoms with Crippen LogP contribution in [-0.4, -0.2) is 24.5 Å². The molecule has 0 aromatic carbocycles. The molecule has 1 rings (SSSR count). The van der Waals surface area contributed by atoms with Crippen molar-refractivity contribution >= 4 is 0 Å². The molecule has 1 fully saturated rings. The maximum atomic E-state index is 2.60. The minimum absolute atomic E-state index is 0.882. The van der Waals surface area contributed by atoms with E-state index in [1.165, 1.54) is 32.5 Å². The molecule has 2 atom stereocenters. The van der Waals surface area contributed by atoms with Gasteiger partial charge in [-0.3, -0.25) is 0 Å². The zero-order valence-electron chi connectivity index (χ0n) is 9.71. The van der Waals surface area contributed by atoms with Crippen molar-refractivity contribution in [2.45, 2.75) is 40.5 Å². The van der Waals surface area contributed by atoms with Crippen LogP contribution in [0.15, 0.2) is 0 Å². The largest absolute Gasteiger partial charge is 0.302 e. The van der Waals surface area contributed by atoms with E-state index in [4.69, 9.17) is 0 Å². The summed E-state index contributed by atoms with van der Waals surface area (Å²) in [5.41, 5.74) is 0. The molecule has 1 saturated heterocycles. The van der Waals surface area contributed by atoms with Crippen molar-refractivity contribution in [3.63, 3.8) is 0 Å². The second-order valence-corrected chi connectivity index (χ2v) is 5.07. The van der Waals surface area contributed by atoms with E-state index in [2.05, 4.69) is 32.6 Å². The van der Waals surface area contributed by atoms with Crippen molar-refractivity contribution in [3.05, 3.63) is 0 Å². The minimum atomic E-state index is 0.882. The third kappa shape index (κ3) is 3.30. The number of rotatable bonds is 5. The maximum Gasteiger partial charge on any atom is 0.00195 e. The van der Waals surface area contributed by atoms with Crippen LogP contribution < -0.4 is 0 Å². The lowest BCUT2D eigenvalue weighted by Gasteiger charge is -2.39. The average molecular weight is 183 g/mol. The summed E-state index contributed by atoms with van der Waals surface area (Å²) in [5.74, 6) is 2.74. The van der Waals surface area contributed by atoms with Gasteiger partial charge in [-0.05, 0) is 17.8 Å². The Morgan fingerprint density at radius 2 is 1.85 bits per heavy atom. The van der Waals surface area contributed by atoms with E-state index in [1.807, 2.05) is 0 Å². The normalized spacial score (nSPS) is 24.0.